The lowest BCUT2D eigenvalue weighted by Crippen LogP contribution is -2.57. The Bertz CT molecular complexity index is 1640. The first-order valence-electron chi connectivity index (χ1n) is 15.7. The van der Waals surface area contributed by atoms with Crippen molar-refractivity contribution >= 4 is 41.3 Å². The number of carbonyl (C=O) groups excluding carboxylic acids is 3. The van der Waals surface area contributed by atoms with Gasteiger partial charge < -0.3 is 19.6 Å². The highest BCUT2D eigenvalue weighted by molar-refractivity contribution is 8.00. The van der Waals surface area contributed by atoms with Crippen LogP contribution in [0.15, 0.2) is 83.8 Å². The molecule has 3 aromatic carbocycles. The molecule has 4 atom stereocenters. The number of fused-ring (bicyclic) bond motifs is 2. The molecule has 240 valence electrons. The summed E-state index contributed by atoms with van der Waals surface area (Å²) in [4.78, 5) is 60.5. The van der Waals surface area contributed by atoms with Crippen LogP contribution in [0.25, 0.3) is 0 Å². The van der Waals surface area contributed by atoms with Gasteiger partial charge >= 0.3 is 12.1 Å². The highest BCUT2D eigenvalue weighted by atomic mass is 32.2. The van der Waals surface area contributed by atoms with Gasteiger partial charge in [-0.05, 0) is 68.5 Å². The van der Waals surface area contributed by atoms with Gasteiger partial charge in [0.1, 0.15) is 17.7 Å². The van der Waals surface area contributed by atoms with Crippen molar-refractivity contribution in [1.29, 1.82) is 0 Å². The van der Waals surface area contributed by atoms with E-state index >= 15 is 0 Å². The minimum Gasteiger partial charge on any atom is -0.481 e. The first-order valence-corrected chi connectivity index (χ1v) is 16.6. The van der Waals surface area contributed by atoms with Crippen molar-refractivity contribution in [2.45, 2.75) is 86.9 Å². The Labute approximate surface area is 273 Å². The molecule has 1 fully saturated rings. The average Bonchev–Trinajstić information content (AvgIpc) is 3.61. The van der Waals surface area contributed by atoms with Crippen LogP contribution >= 0.6 is 11.8 Å². The van der Waals surface area contributed by atoms with Crippen LogP contribution in [0.4, 0.5) is 10.5 Å². The van der Waals surface area contributed by atoms with Crippen molar-refractivity contribution in [2.24, 2.45) is 0 Å². The van der Waals surface area contributed by atoms with Gasteiger partial charge in [-0.2, -0.15) is 0 Å². The first-order chi connectivity index (χ1) is 22.0. The summed E-state index contributed by atoms with van der Waals surface area (Å²) in [6.07, 6.45) is 0.353. The molecule has 10 heteroatoms. The largest absolute Gasteiger partial charge is 0.481 e. The number of rotatable bonds is 6. The Hall–Kier alpha value is -4.31. The second-order valence-corrected chi connectivity index (χ2v) is 14.6. The molecule has 3 aliphatic heterocycles. The smallest absolute Gasteiger partial charge is 0.415 e. The van der Waals surface area contributed by atoms with E-state index in [9.17, 15) is 24.3 Å². The Balaban J connectivity index is 1.33. The molecule has 46 heavy (non-hydrogen) atoms. The predicted octanol–water partition coefficient (Wildman–Crippen LogP) is 5.54. The number of ether oxygens (including phenoxy) is 1. The number of hydrogen-bond donors (Lipinski definition) is 1. The summed E-state index contributed by atoms with van der Waals surface area (Å²) in [5.74, 6) is -1.55. The summed E-state index contributed by atoms with van der Waals surface area (Å²) in [5.41, 5.74) is 2.73. The third-order valence-corrected chi connectivity index (χ3v) is 10.00. The lowest BCUT2D eigenvalue weighted by Gasteiger charge is -2.40. The zero-order chi connectivity index (χ0) is 32.6. The maximum absolute atomic E-state index is 14.7. The van der Waals surface area contributed by atoms with Gasteiger partial charge in [-0.1, -0.05) is 60.7 Å². The van der Waals surface area contributed by atoms with Crippen LogP contribution in [0, 0.1) is 0 Å². The molecule has 3 aliphatic rings. The fraction of sp³-hybridized carbons (Fsp3) is 0.389. The zero-order valence-corrected chi connectivity index (χ0v) is 27.1. The van der Waals surface area contributed by atoms with Crippen LogP contribution in [0.3, 0.4) is 0 Å². The van der Waals surface area contributed by atoms with E-state index < -0.39 is 35.8 Å². The molecule has 0 saturated carbocycles. The van der Waals surface area contributed by atoms with Crippen molar-refractivity contribution in [1.82, 2.24) is 9.80 Å². The molecular formula is C36H39N3O6S. The van der Waals surface area contributed by atoms with Crippen LogP contribution in [0.1, 0.15) is 50.3 Å². The minimum atomic E-state index is -0.976. The number of carbonyl (C=O) groups is 4. The van der Waals surface area contributed by atoms with Crippen LogP contribution in [-0.4, -0.2) is 74.3 Å². The summed E-state index contributed by atoms with van der Waals surface area (Å²) >= 11 is 1.62. The summed E-state index contributed by atoms with van der Waals surface area (Å²) in [5, 5.41) is 9.69. The molecule has 9 nitrogen and oxygen atoms in total. The molecule has 0 unspecified atom stereocenters. The van der Waals surface area contributed by atoms with E-state index in [-0.39, 0.29) is 30.0 Å². The number of nitrogens with zero attached hydrogens (tertiary/aromatic N) is 3. The van der Waals surface area contributed by atoms with Crippen LogP contribution in [-0.2, 0) is 38.5 Å². The Kier molecular flexibility index (Phi) is 8.83. The molecule has 3 aromatic rings. The number of carboxylic acids is 1. The molecule has 3 amide bonds. The van der Waals surface area contributed by atoms with Gasteiger partial charge in [-0.25, -0.2) is 4.79 Å². The topological polar surface area (TPSA) is 107 Å². The van der Waals surface area contributed by atoms with E-state index in [0.29, 0.717) is 31.5 Å². The van der Waals surface area contributed by atoms with E-state index in [4.69, 9.17) is 4.74 Å². The second kappa shape index (κ2) is 12.8. The van der Waals surface area contributed by atoms with Crippen molar-refractivity contribution in [3.63, 3.8) is 0 Å². The molecule has 0 aliphatic carbocycles. The van der Waals surface area contributed by atoms with Crippen molar-refractivity contribution < 1.29 is 29.0 Å². The molecule has 6 rings (SSSR count). The van der Waals surface area contributed by atoms with Crippen molar-refractivity contribution in [3.05, 3.63) is 95.6 Å². The Morgan fingerprint density at radius 3 is 2.13 bits per heavy atom. The minimum absolute atomic E-state index is 0.0749. The van der Waals surface area contributed by atoms with Gasteiger partial charge in [0, 0.05) is 35.7 Å². The van der Waals surface area contributed by atoms with Gasteiger partial charge in [0.25, 0.3) is 0 Å². The van der Waals surface area contributed by atoms with E-state index in [1.54, 1.807) is 42.3 Å². The third-order valence-electron chi connectivity index (χ3n) is 8.78. The second-order valence-electron chi connectivity index (χ2n) is 13.2. The fourth-order valence-corrected chi connectivity index (χ4v) is 8.00. The fourth-order valence-electron chi connectivity index (χ4n) is 6.78. The molecule has 1 N–H and O–H groups in total. The average molecular weight is 642 g/mol. The molecule has 0 radical (unpaired) electrons. The lowest BCUT2D eigenvalue weighted by molar-refractivity contribution is -0.148. The van der Waals surface area contributed by atoms with Gasteiger partial charge in [-0.15, -0.1) is 11.8 Å². The zero-order valence-electron chi connectivity index (χ0n) is 26.3. The number of hydrogen-bond acceptors (Lipinski definition) is 6. The quantitative estimate of drug-likeness (QED) is 0.377. The van der Waals surface area contributed by atoms with Crippen molar-refractivity contribution in [2.75, 3.05) is 11.4 Å². The number of para-hydroxylation sites is 1. The van der Waals surface area contributed by atoms with E-state index in [2.05, 4.69) is 0 Å². The standard InChI is InChI=1S/C36H39N3O6S/c1-36(2,3)45-35(44)39-29-16-10-9-12-24(29)18-31(39)34(43)38-22-28(46-27-14-5-4-6-15-27)20-30(38)33(42)37-21-25-13-8-7-11-23(25)17-26(37)19-32(40)41/h4-16,26,28,30-31H,17-22H2,1-3H3,(H,40,41)/t26-,28+,30-,31-/m1/s1. The van der Waals surface area contributed by atoms with Crippen LogP contribution in [0.5, 0.6) is 0 Å². The lowest BCUT2D eigenvalue weighted by atomic mass is 9.91. The molecule has 1 saturated heterocycles. The highest BCUT2D eigenvalue weighted by Crippen LogP contribution is 2.39. The number of likely N-dealkylation sites (tertiary alicyclic amines) is 1. The first kappa shape index (κ1) is 31.7. The van der Waals surface area contributed by atoms with E-state index in [1.807, 2.05) is 78.9 Å². The molecule has 0 bridgehead atoms. The van der Waals surface area contributed by atoms with Crippen LogP contribution < -0.4 is 4.90 Å². The summed E-state index contributed by atoms with van der Waals surface area (Å²) < 4.78 is 5.76. The van der Waals surface area contributed by atoms with Crippen molar-refractivity contribution in [3.8, 4) is 0 Å². The summed E-state index contributed by atoms with van der Waals surface area (Å²) in [6, 6.07) is 22.9. The third kappa shape index (κ3) is 6.63. The normalized spacial score (nSPS) is 22.3. The number of benzene rings is 3. The van der Waals surface area contributed by atoms with E-state index in [1.165, 1.54) is 4.90 Å². The summed E-state index contributed by atoms with van der Waals surface area (Å²) in [6.45, 7) is 5.95. The Morgan fingerprint density at radius 1 is 0.804 bits per heavy atom. The number of anilines is 1. The summed E-state index contributed by atoms with van der Waals surface area (Å²) in [7, 11) is 0. The molecule has 3 heterocycles. The SMILES string of the molecule is CC(C)(C)OC(=O)N1c2ccccc2C[C@@H]1C(=O)N1C[C@@H](Sc2ccccc2)C[C@@H]1C(=O)N1Cc2ccccc2C[C@@H]1CC(=O)O. The molecule has 0 aromatic heterocycles. The van der Waals surface area contributed by atoms with Gasteiger partial charge in [0.15, 0.2) is 0 Å². The number of amides is 3. The van der Waals surface area contributed by atoms with Gasteiger partial charge in [0.2, 0.25) is 11.8 Å². The number of carboxylic acid groups (broad SMARTS) is 1. The maximum atomic E-state index is 14.7. The van der Waals surface area contributed by atoms with Gasteiger partial charge in [0.05, 0.1) is 12.1 Å². The predicted molar refractivity (Wildman–Crippen MR) is 176 cm³/mol. The number of aliphatic carboxylic acids is 1. The monoisotopic (exact) mass is 641 g/mol. The van der Waals surface area contributed by atoms with E-state index in [0.717, 1.165) is 21.6 Å². The molecule has 0 spiro atoms. The maximum Gasteiger partial charge on any atom is 0.415 e. The Morgan fingerprint density at radius 2 is 1.43 bits per heavy atom. The highest BCUT2D eigenvalue weighted by Gasteiger charge is 2.49. The molecular weight excluding hydrogens is 602 g/mol. The van der Waals surface area contributed by atoms with Gasteiger partial charge in [-0.3, -0.25) is 19.3 Å². The van der Waals surface area contributed by atoms with Crippen LogP contribution in [0.2, 0.25) is 0 Å². The number of thioether (sulfide) groups is 1.